The summed E-state index contributed by atoms with van der Waals surface area (Å²) in [5.41, 5.74) is 7.42. The number of nitrogens with two attached hydrogens (primary N) is 1. The van der Waals surface area contributed by atoms with E-state index < -0.39 is 5.60 Å². The Morgan fingerprint density at radius 3 is 2.96 bits per heavy atom. The van der Waals surface area contributed by atoms with E-state index in [1.165, 1.54) is 6.33 Å². The predicted molar refractivity (Wildman–Crippen MR) is 92.5 cm³/mol. The first kappa shape index (κ1) is 16.0. The van der Waals surface area contributed by atoms with Gasteiger partial charge in [0.25, 0.3) is 0 Å². The van der Waals surface area contributed by atoms with Crippen molar-refractivity contribution in [1.29, 1.82) is 0 Å². The lowest BCUT2D eigenvalue weighted by Gasteiger charge is -2.43. The maximum atomic E-state index is 11.0. The number of nitrogen functional groups attached to an aromatic ring is 1. The zero-order chi connectivity index (χ0) is 17.6. The molecule has 3 aromatic rings. The highest BCUT2D eigenvalue weighted by molar-refractivity contribution is 5.81. The van der Waals surface area contributed by atoms with E-state index in [4.69, 9.17) is 5.73 Å². The molecule has 0 spiro atoms. The quantitative estimate of drug-likeness (QED) is 0.706. The Bertz CT molecular complexity index is 899. The standard InChI is InChI=1S/C16H22N8O/c1-16(25)3-4-23(7-11-5-21-22(2)6-11)8-12(16)24-10-20-13-14(17)18-9-19-15(13)24/h5-6,9-10,12,25H,3-4,7-8H2,1-2H3,(H2,17,18,19)/t12-,16-/m1/s1. The number of hydrogen-bond donors (Lipinski definition) is 2. The summed E-state index contributed by atoms with van der Waals surface area (Å²) in [6.07, 6.45) is 7.69. The molecule has 25 heavy (non-hydrogen) atoms. The lowest BCUT2D eigenvalue weighted by molar-refractivity contribution is -0.0515. The van der Waals surface area contributed by atoms with Crippen molar-refractivity contribution in [3.05, 3.63) is 30.6 Å². The molecule has 0 aliphatic carbocycles. The third-order valence-corrected chi connectivity index (χ3v) is 4.97. The first-order chi connectivity index (χ1) is 11.9. The van der Waals surface area contributed by atoms with Crippen molar-refractivity contribution in [2.45, 2.75) is 31.5 Å². The number of hydrogen-bond acceptors (Lipinski definition) is 7. The smallest absolute Gasteiger partial charge is 0.165 e. The van der Waals surface area contributed by atoms with Gasteiger partial charge in [0.1, 0.15) is 11.8 Å². The molecule has 2 atom stereocenters. The highest BCUT2D eigenvalue weighted by Crippen LogP contribution is 2.34. The maximum Gasteiger partial charge on any atom is 0.165 e. The van der Waals surface area contributed by atoms with Crippen LogP contribution >= 0.6 is 0 Å². The molecule has 0 radical (unpaired) electrons. The van der Waals surface area contributed by atoms with Gasteiger partial charge in [-0.2, -0.15) is 5.10 Å². The summed E-state index contributed by atoms with van der Waals surface area (Å²) in [4.78, 5) is 15.0. The van der Waals surface area contributed by atoms with E-state index in [2.05, 4.69) is 25.0 Å². The van der Waals surface area contributed by atoms with Crippen molar-refractivity contribution in [3.63, 3.8) is 0 Å². The zero-order valence-electron chi connectivity index (χ0n) is 14.4. The van der Waals surface area contributed by atoms with Crippen LogP contribution in [-0.2, 0) is 13.6 Å². The van der Waals surface area contributed by atoms with Gasteiger partial charge in [-0.25, -0.2) is 15.0 Å². The number of likely N-dealkylation sites (tertiary alicyclic amines) is 1. The molecule has 0 aromatic carbocycles. The molecule has 9 nitrogen and oxygen atoms in total. The molecule has 9 heteroatoms. The van der Waals surface area contributed by atoms with Crippen molar-refractivity contribution in [2.24, 2.45) is 7.05 Å². The normalized spacial score (nSPS) is 24.8. The number of fused-ring (bicyclic) bond motifs is 1. The lowest BCUT2D eigenvalue weighted by atomic mass is 9.88. The first-order valence-electron chi connectivity index (χ1n) is 8.29. The Balaban J connectivity index is 1.64. The minimum absolute atomic E-state index is 0.169. The third kappa shape index (κ3) is 2.85. The average Bonchev–Trinajstić information content (AvgIpc) is 3.16. The summed E-state index contributed by atoms with van der Waals surface area (Å²) in [5.74, 6) is 0.353. The number of aromatic nitrogens is 6. The second-order valence-electron chi connectivity index (χ2n) is 6.96. The minimum atomic E-state index is -0.848. The second kappa shape index (κ2) is 5.78. The van der Waals surface area contributed by atoms with E-state index in [9.17, 15) is 5.11 Å². The van der Waals surface area contributed by atoms with Gasteiger partial charge in [0, 0.05) is 38.4 Å². The van der Waals surface area contributed by atoms with Crippen LogP contribution in [0.1, 0.15) is 24.9 Å². The van der Waals surface area contributed by atoms with Crippen molar-refractivity contribution < 1.29 is 5.11 Å². The number of aryl methyl sites for hydroxylation is 1. The van der Waals surface area contributed by atoms with Crippen LogP contribution < -0.4 is 5.73 Å². The molecule has 1 saturated heterocycles. The van der Waals surface area contributed by atoms with Gasteiger partial charge < -0.3 is 15.4 Å². The number of piperidine rings is 1. The van der Waals surface area contributed by atoms with Crippen molar-refractivity contribution in [2.75, 3.05) is 18.8 Å². The van der Waals surface area contributed by atoms with Gasteiger partial charge in [0.15, 0.2) is 11.5 Å². The van der Waals surface area contributed by atoms with Gasteiger partial charge in [-0.15, -0.1) is 0 Å². The summed E-state index contributed by atoms with van der Waals surface area (Å²) in [6, 6.07) is -0.169. The van der Waals surface area contributed by atoms with E-state index in [1.54, 1.807) is 11.0 Å². The summed E-state index contributed by atoms with van der Waals surface area (Å²) < 4.78 is 3.72. The molecule has 0 amide bonds. The van der Waals surface area contributed by atoms with Crippen molar-refractivity contribution >= 4 is 17.0 Å². The Kier molecular flexibility index (Phi) is 3.69. The van der Waals surface area contributed by atoms with E-state index in [0.717, 1.165) is 18.7 Å². The highest BCUT2D eigenvalue weighted by atomic mass is 16.3. The fraction of sp³-hybridized carbons (Fsp3) is 0.500. The third-order valence-electron chi connectivity index (χ3n) is 4.97. The van der Waals surface area contributed by atoms with Gasteiger partial charge in [-0.3, -0.25) is 9.58 Å². The van der Waals surface area contributed by atoms with Crippen LogP contribution in [0.25, 0.3) is 11.2 Å². The van der Waals surface area contributed by atoms with E-state index in [1.807, 2.05) is 30.9 Å². The van der Waals surface area contributed by atoms with Crippen molar-refractivity contribution in [3.8, 4) is 0 Å². The molecule has 4 rings (SSSR count). The summed E-state index contributed by atoms with van der Waals surface area (Å²) in [5, 5.41) is 15.2. The zero-order valence-corrected chi connectivity index (χ0v) is 14.4. The van der Waals surface area contributed by atoms with Crippen LogP contribution in [0.4, 0.5) is 5.82 Å². The lowest BCUT2D eigenvalue weighted by Crippen LogP contribution is -2.50. The van der Waals surface area contributed by atoms with Gasteiger partial charge in [-0.1, -0.05) is 0 Å². The largest absolute Gasteiger partial charge is 0.388 e. The van der Waals surface area contributed by atoms with Gasteiger partial charge in [-0.05, 0) is 13.3 Å². The molecule has 1 fully saturated rings. The maximum absolute atomic E-state index is 11.0. The molecule has 1 aliphatic heterocycles. The highest BCUT2D eigenvalue weighted by Gasteiger charge is 2.39. The topological polar surface area (TPSA) is 111 Å². The van der Waals surface area contributed by atoms with Crippen molar-refractivity contribution in [1.82, 2.24) is 34.2 Å². The Labute approximate surface area is 145 Å². The molecule has 0 unspecified atom stereocenters. The van der Waals surface area contributed by atoms with E-state index in [0.29, 0.717) is 29.9 Å². The summed E-state index contributed by atoms with van der Waals surface area (Å²) in [6.45, 7) is 4.18. The van der Waals surface area contributed by atoms with Gasteiger partial charge in [0.05, 0.1) is 24.2 Å². The SMILES string of the molecule is Cn1cc(CN2CC[C@@](C)(O)[C@H](n3cnc4c(N)ncnc43)C2)cn1. The minimum Gasteiger partial charge on any atom is -0.388 e. The molecule has 3 N–H and O–H groups in total. The Morgan fingerprint density at radius 1 is 1.36 bits per heavy atom. The number of aliphatic hydroxyl groups is 1. The number of nitrogens with zero attached hydrogens (tertiary/aromatic N) is 7. The molecule has 0 saturated carbocycles. The monoisotopic (exact) mass is 342 g/mol. The van der Waals surface area contributed by atoms with Crippen LogP contribution in [0.15, 0.2) is 25.0 Å². The van der Waals surface area contributed by atoms with E-state index >= 15 is 0 Å². The number of rotatable bonds is 3. The van der Waals surface area contributed by atoms with Gasteiger partial charge in [0.2, 0.25) is 0 Å². The molecule has 132 valence electrons. The van der Waals surface area contributed by atoms with Crippen LogP contribution in [0, 0.1) is 0 Å². The summed E-state index contributed by atoms with van der Waals surface area (Å²) >= 11 is 0. The number of imidazole rings is 1. The Hall–Kier alpha value is -2.52. The molecule has 4 heterocycles. The van der Waals surface area contributed by atoms with Crippen LogP contribution in [0.2, 0.25) is 0 Å². The van der Waals surface area contributed by atoms with Crippen LogP contribution in [0.3, 0.4) is 0 Å². The fourth-order valence-electron chi connectivity index (χ4n) is 3.52. The molecular weight excluding hydrogens is 320 g/mol. The average molecular weight is 342 g/mol. The molecule has 0 bridgehead atoms. The molecular formula is C16H22N8O. The van der Waals surface area contributed by atoms with E-state index in [-0.39, 0.29) is 6.04 Å². The first-order valence-corrected chi connectivity index (χ1v) is 8.29. The van der Waals surface area contributed by atoms with Gasteiger partial charge >= 0.3 is 0 Å². The summed E-state index contributed by atoms with van der Waals surface area (Å²) in [7, 11) is 1.91. The molecule has 1 aliphatic rings. The Morgan fingerprint density at radius 2 is 2.20 bits per heavy atom. The fourth-order valence-corrected chi connectivity index (χ4v) is 3.52. The molecule has 3 aromatic heterocycles. The predicted octanol–water partition coefficient (Wildman–Crippen LogP) is 0.340. The second-order valence-corrected chi connectivity index (χ2v) is 6.96. The number of anilines is 1. The van der Waals surface area contributed by atoms with Crippen LogP contribution in [-0.4, -0.2) is 58.0 Å². The van der Waals surface area contributed by atoms with Crippen LogP contribution in [0.5, 0.6) is 0 Å².